The molecule has 3 nitrogen and oxygen atoms in total. The van der Waals surface area contributed by atoms with Gasteiger partial charge in [0, 0.05) is 6.42 Å². The molecule has 0 N–H and O–H groups in total. The lowest BCUT2D eigenvalue weighted by molar-refractivity contribution is -0.146. The van der Waals surface area contributed by atoms with Gasteiger partial charge in [-0.1, -0.05) is 77.6 Å². The van der Waals surface area contributed by atoms with E-state index < -0.39 is 0 Å². The number of esters is 1. The van der Waals surface area contributed by atoms with Crippen LogP contribution >= 0.6 is 0 Å². The number of hydrogen-bond donors (Lipinski definition) is 0. The zero-order valence-corrected chi connectivity index (χ0v) is 15.3. The Morgan fingerprint density at radius 2 is 1.43 bits per heavy atom. The van der Waals surface area contributed by atoms with Gasteiger partial charge < -0.3 is 9.47 Å². The highest BCUT2D eigenvalue weighted by Gasteiger charge is 2.13. The summed E-state index contributed by atoms with van der Waals surface area (Å²) in [6.07, 6.45) is 18.7. The Kier molecular flexibility index (Phi) is 13.3. The average Bonchev–Trinajstić information content (AvgIpc) is 2.58. The van der Waals surface area contributed by atoms with E-state index in [0.717, 1.165) is 12.8 Å². The molecule has 0 unspecified atom stereocenters. The van der Waals surface area contributed by atoms with Crippen LogP contribution in [0.25, 0.3) is 0 Å². The smallest absolute Gasteiger partial charge is 0.305 e. The van der Waals surface area contributed by atoms with E-state index in [-0.39, 0.29) is 5.97 Å². The van der Waals surface area contributed by atoms with Crippen molar-refractivity contribution in [3.05, 3.63) is 0 Å². The van der Waals surface area contributed by atoms with Crippen LogP contribution in [0.5, 0.6) is 0 Å². The summed E-state index contributed by atoms with van der Waals surface area (Å²) in [5, 5.41) is 0. The van der Waals surface area contributed by atoms with Gasteiger partial charge in [-0.25, -0.2) is 0 Å². The quantitative estimate of drug-likeness (QED) is 0.299. The summed E-state index contributed by atoms with van der Waals surface area (Å²) in [7, 11) is 0. The minimum absolute atomic E-state index is 0.0554. The molecule has 0 bridgehead atoms. The Balaban J connectivity index is 1.79. The minimum atomic E-state index is -0.0554. The van der Waals surface area contributed by atoms with Crippen molar-refractivity contribution in [2.24, 2.45) is 0 Å². The molecule has 0 amide bonds. The Hall–Kier alpha value is -0.570. The summed E-state index contributed by atoms with van der Waals surface area (Å²) in [4.78, 5) is 11.6. The number of carbonyl (C=O) groups excluding carboxylic acids is 1. The molecular formula is C20H38O3. The molecule has 1 rings (SSSR count). The van der Waals surface area contributed by atoms with Gasteiger partial charge in [0.1, 0.15) is 6.61 Å². The first-order chi connectivity index (χ1) is 11.3. The van der Waals surface area contributed by atoms with Gasteiger partial charge in [0.2, 0.25) is 0 Å². The van der Waals surface area contributed by atoms with Crippen LogP contribution in [0.4, 0.5) is 0 Å². The Morgan fingerprint density at radius 1 is 0.826 bits per heavy atom. The second-order valence-corrected chi connectivity index (χ2v) is 6.93. The second-order valence-electron chi connectivity index (χ2n) is 6.93. The number of rotatable bonds is 14. The van der Waals surface area contributed by atoms with Crippen LogP contribution in [0.2, 0.25) is 0 Å². The maximum atomic E-state index is 11.6. The molecule has 1 saturated carbocycles. The van der Waals surface area contributed by atoms with Crippen LogP contribution in [-0.4, -0.2) is 25.3 Å². The normalized spacial score (nSPS) is 15.7. The van der Waals surface area contributed by atoms with Crippen LogP contribution < -0.4 is 0 Å². The molecule has 0 radical (unpaired) electrons. The lowest BCUT2D eigenvalue weighted by Crippen LogP contribution is -2.20. The van der Waals surface area contributed by atoms with Gasteiger partial charge in [0.15, 0.2) is 0 Å². The zero-order chi connectivity index (χ0) is 16.6. The fourth-order valence-electron chi connectivity index (χ4n) is 3.25. The van der Waals surface area contributed by atoms with Gasteiger partial charge >= 0.3 is 5.97 Å². The van der Waals surface area contributed by atoms with E-state index in [1.807, 2.05) is 0 Å². The predicted octanol–water partition coefficient (Wildman–Crippen LogP) is 5.80. The summed E-state index contributed by atoms with van der Waals surface area (Å²) in [6.45, 7) is 3.24. The monoisotopic (exact) mass is 326 g/mol. The predicted molar refractivity (Wildman–Crippen MR) is 95.6 cm³/mol. The van der Waals surface area contributed by atoms with E-state index in [1.165, 1.54) is 77.0 Å². The van der Waals surface area contributed by atoms with Gasteiger partial charge in [0.05, 0.1) is 12.7 Å². The third-order valence-corrected chi connectivity index (χ3v) is 4.74. The van der Waals surface area contributed by atoms with Crippen LogP contribution in [0.15, 0.2) is 0 Å². The van der Waals surface area contributed by atoms with E-state index in [4.69, 9.17) is 9.47 Å². The topological polar surface area (TPSA) is 35.5 Å². The van der Waals surface area contributed by atoms with Gasteiger partial charge in [-0.05, 0) is 19.3 Å². The molecular weight excluding hydrogens is 288 g/mol. The molecule has 0 spiro atoms. The van der Waals surface area contributed by atoms with Gasteiger partial charge in [-0.3, -0.25) is 4.79 Å². The minimum Gasteiger partial charge on any atom is -0.463 e. The van der Waals surface area contributed by atoms with E-state index in [1.54, 1.807) is 0 Å². The van der Waals surface area contributed by atoms with Crippen LogP contribution in [0.3, 0.4) is 0 Å². The van der Waals surface area contributed by atoms with Gasteiger partial charge in [-0.15, -0.1) is 0 Å². The molecule has 0 atom stereocenters. The highest BCUT2D eigenvalue weighted by molar-refractivity contribution is 5.69. The molecule has 0 saturated heterocycles. The van der Waals surface area contributed by atoms with Crippen LogP contribution in [0, 0.1) is 0 Å². The third-order valence-electron chi connectivity index (χ3n) is 4.74. The lowest BCUT2D eigenvalue weighted by atomic mass is 9.98. The fraction of sp³-hybridized carbons (Fsp3) is 0.950. The van der Waals surface area contributed by atoms with E-state index in [2.05, 4.69) is 6.92 Å². The van der Waals surface area contributed by atoms with Crippen molar-refractivity contribution >= 4 is 5.97 Å². The number of carbonyl (C=O) groups is 1. The average molecular weight is 327 g/mol. The number of ether oxygens (including phenoxy) is 2. The number of unbranched alkanes of at least 4 members (excludes halogenated alkanes) is 8. The maximum Gasteiger partial charge on any atom is 0.305 e. The summed E-state index contributed by atoms with van der Waals surface area (Å²) >= 11 is 0. The molecule has 0 aromatic heterocycles. The largest absolute Gasteiger partial charge is 0.463 e. The molecule has 136 valence electrons. The van der Waals surface area contributed by atoms with Crippen molar-refractivity contribution in [3.63, 3.8) is 0 Å². The summed E-state index contributed by atoms with van der Waals surface area (Å²) in [6, 6.07) is 0. The molecule has 23 heavy (non-hydrogen) atoms. The Morgan fingerprint density at radius 3 is 2.09 bits per heavy atom. The number of hydrogen-bond acceptors (Lipinski definition) is 3. The maximum absolute atomic E-state index is 11.6. The first-order valence-corrected chi connectivity index (χ1v) is 10.1. The molecule has 1 aliphatic carbocycles. The zero-order valence-electron chi connectivity index (χ0n) is 15.3. The standard InChI is InChI=1S/C20H38O3/c1-2-3-4-5-6-7-8-9-13-16-20(21)23-18-17-22-19-14-11-10-12-15-19/h19H,2-18H2,1H3. The van der Waals surface area contributed by atoms with E-state index >= 15 is 0 Å². The lowest BCUT2D eigenvalue weighted by Gasteiger charge is -2.21. The third kappa shape index (κ3) is 12.5. The molecule has 1 fully saturated rings. The fourth-order valence-corrected chi connectivity index (χ4v) is 3.25. The van der Waals surface area contributed by atoms with Crippen LogP contribution in [-0.2, 0) is 14.3 Å². The molecule has 3 heteroatoms. The van der Waals surface area contributed by atoms with Crippen molar-refractivity contribution in [3.8, 4) is 0 Å². The Bertz CT molecular complexity index is 272. The van der Waals surface area contributed by atoms with E-state index in [9.17, 15) is 4.79 Å². The molecule has 0 aromatic rings. The first-order valence-electron chi connectivity index (χ1n) is 10.1. The van der Waals surface area contributed by atoms with Crippen molar-refractivity contribution < 1.29 is 14.3 Å². The Labute approximate surface area is 143 Å². The second kappa shape index (κ2) is 15.0. The molecule has 0 aliphatic heterocycles. The molecule has 1 aliphatic rings. The highest BCUT2D eigenvalue weighted by atomic mass is 16.6. The van der Waals surface area contributed by atoms with Crippen molar-refractivity contribution in [1.82, 2.24) is 0 Å². The van der Waals surface area contributed by atoms with Crippen molar-refractivity contribution in [2.75, 3.05) is 13.2 Å². The summed E-state index contributed by atoms with van der Waals surface area (Å²) in [5.41, 5.74) is 0. The molecule has 0 heterocycles. The van der Waals surface area contributed by atoms with Crippen molar-refractivity contribution in [2.45, 2.75) is 109 Å². The first kappa shape index (κ1) is 20.5. The van der Waals surface area contributed by atoms with Crippen LogP contribution in [0.1, 0.15) is 103 Å². The highest BCUT2D eigenvalue weighted by Crippen LogP contribution is 2.20. The SMILES string of the molecule is CCCCCCCCCCCC(=O)OCCOC1CCCCC1. The molecule has 0 aromatic carbocycles. The summed E-state index contributed by atoms with van der Waals surface area (Å²) in [5.74, 6) is -0.0554. The summed E-state index contributed by atoms with van der Waals surface area (Å²) < 4.78 is 11.0. The van der Waals surface area contributed by atoms with E-state index in [0.29, 0.717) is 25.7 Å². The van der Waals surface area contributed by atoms with Gasteiger partial charge in [0.25, 0.3) is 0 Å². The van der Waals surface area contributed by atoms with Gasteiger partial charge in [-0.2, -0.15) is 0 Å². The van der Waals surface area contributed by atoms with Crippen molar-refractivity contribution in [1.29, 1.82) is 0 Å².